The minimum atomic E-state index is -0.570. The Morgan fingerprint density at radius 1 is 1.15 bits per heavy atom. The highest BCUT2D eigenvalue weighted by atomic mass is 16.3. The summed E-state index contributed by atoms with van der Waals surface area (Å²) in [6.45, 7) is 3.46. The smallest absolute Gasteiger partial charge is 0.264 e. The maximum Gasteiger partial charge on any atom is 0.264 e. The fourth-order valence-corrected chi connectivity index (χ4v) is 4.18. The summed E-state index contributed by atoms with van der Waals surface area (Å²) in [5.41, 5.74) is 1.57. The van der Waals surface area contributed by atoms with Crippen LogP contribution in [-0.4, -0.2) is 49.1 Å². The third-order valence-electron chi connectivity index (χ3n) is 5.71. The van der Waals surface area contributed by atoms with Crippen molar-refractivity contribution < 1.29 is 14.7 Å². The highest BCUT2D eigenvalue weighted by Crippen LogP contribution is 2.27. The largest absolute Gasteiger partial charge is 0.511 e. The molecule has 2 fully saturated rings. The minimum Gasteiger partial charge on any atom is -0.511 e. The summed E-state index contributed by atoms with van der Waals surface area (Å²) in [7, 11) is 0. The molecule has 0 aliphatic carbocycles. The Bertz CT molecular complexity index is 753. The zero-order chi connectivity index (χ0) is 18.8. The van der Waals surface area contributed by atoms with E-state index in [-0.39, 0.29) is 23.3 Å². The van der Waals surface area contributed by atoms with Gasteiger partial charge in [0, 0.05) is 37.1 Å². The molecule has 7 nitrogen and oxygen atoms in total. The van der Waals surface area contributed by atoms with Crippen LogP contribution in [0.1, 0.15) is 25.7 Å². The molecule has 2 atom stereocenters. The van der Waals surface area contributed by atoms with E-state index in [1.165, 1.54) is 19.3 Å². The van der Waals surface area contributed by atoms with Gasteiger partial charge in [-0.3, -0.25) is 9.59 Å². The summed E-state index contributed by atoms with van der Waals surface area (Å²) in [5, 5.41) is 19.3. The zero-order valence-electron chi connectivity index (χ0n) is 15.3. The van der Waals surface area contributed by atoms with Crippen LogP contribution >= 0.6 is 0 Å². The average Bonchev–Trinajstić information content (AvgIpc) is 2.69. The van der Waals surface area contributed by atoms with Gasteiger partial charge in [-0.1, -0.05) is 0 Å². The molecule has 4 N–H and O–H groups in total. The van der Waals surface area contributed by atoms with Gasteiger partial charge in [0.05, 0.1) is 5.92 Å². The lowest BCUT2D eigenvalue weighted by Crippen LogP contribution is -2.55. The molecule has 0 aromatic heterocycles. The predicted molar refractivity (Wildman–Crippen MR) is 104 cm³/mol. The molecule has 7 heteroatoms. The lowest BCUT2D eigenvalue weighted by Gasteiger charge is -2.36. The lowest BCUT2D eigenvalue weighted by atomic mass is 9.85. The van der Waals surface area contributed by atoms with E-state index in [4.69, 9.17) is 0 Å². The van der Waals surface area contributed by atoms with Gasteiger partial charge in [-0.25, -0.2) is 0 Å². The Hall–Kier alpha value is -2.54. The van der Waals surface area contributed by atoms with Gasteiger partial charge in [0.1, 0.15) is 11.3 Å². The fourth-order valence-electron chi connectivity index (χ4n) is 4.18. The number of fused-ring (bicyclic) bond motifs is 1. The molecule has 27 heavy (non-hydrogen) atoms. The molecule has 144 valence electrons. The predicted octanol–water partition coefficient (Wildman–Crippen LogP) is 1.54. The molecule has 0 unspecified atom stereocenters. The highest BCUT2D eigenvalue weighted by Gasteiger charge is 2.39. The lowest BCUT2D eigenvalue weighted by molar-refractivity contribution is -0.123. The Kier molecular flexibility index (Phi) is 5.03. The molecule has 0 saturated carbocycles. The van der Waals surface area contributed by atoms with Crippen molar-refractivity contribution >= 4 is 23.2 Å². The van der Waals surface area contributed by atoms with Crippen LogP contribution in [-0.2, 0) is 9.59 Å². The molecule has 3 aliphatic rings. The Labute approximate surface area is 158 Å². The van der Waals surface area contributed by atoms with Gasteiger partial charge in [-0.2, -0.15) is 0 Å². The van der Waals surface area contributed by atoms with Crippen molar-refractivity contribution in [1.82, 2.24) is 10.6 Å². The number of hydrogen-bond donors (Lipinski definition) is 4. The standard InChI is InChI=1S/C20H26N4O3/c25-18-15-12-21-9-8-16(15)23-20(27)17(18)19(26)22-13-4-6-14(7-5-13)24-10-2-1-3-11-24/h4-7,15-16,21,25H,1-3,8-12H2,(H,22,26)(H,23,27)/t15-,16-/m0/s1. The Balaban J connectivity index is 1.47. The Morgan fingerprint density at radius 3 is 2.63 bits per heavy atom. The van der Waals surface area contributed by atoms with Crippen LogP contribution in [0.25, 0.3) is 0 Å². The van der Waals surface area contributed by atoms with Crippen molar-refractivity contribution in [3.8, 4) is 0 Å². The first-order valence-electron chi connectivity index (χ1n) is 9.74. The summed E-state index contributed by atoms with van der Waals surface area (Å²) in [6.07, 6.45) is 4.44. The molecular weight excluding hydrogens is 344 g/mol. The quantitative estimate of drug-likeness (QED) is 0.606. The van der Waals surface area contributed by atoms with E-state index >= 15 is 0 Å². The number of rotatable bonds is 3. The van der Waals surface area contributed by atoms with Gasteiger partial charge < -0.3 is 26.0 Å². The van der Waals surface area contributed by atoms with Gasteiger partial charge in [0.25, 0.3) is 11.8 Å². The molecule has 2 amide bonds. The van der Waals surface area contributed by atoms with Crippen LogP contribution in [0.15, 0.2) is 35.6 Å². The molecule has 1 aromatic rings. The van der Waals surface area contributed by atoms with Gasteiger partial charge in [0.2, 0.25) is 0 Å². The number of aliphatic hydroxyl groups is 1. The molecule has 3 aliphatic heterocycles. The van der Waals surface area contributed by atoms with E-state index in [1.54, 1.807) is 0 Å². The van der Waals surface area contributed by atoms with Crippen LogP contribution in [0.4, 0.5) is 11.4 Å². The number of carbonyl (C=O) groups excluding carboxylic acids is 2. The summed E-state index contributed by atoms with van der Waals surface area (Å²) in [6, 6.07) is 7.53. The molecule has 4 rings (SSSR count). The van der Waals surface area contributed by atoms with Crippen molar-refractivity contribution in [2.75, 3.05) is 36.4 Å². The number of benzene rings is 1. The maximum atomic E-state index is 12.6. The maximum absolute atomic E-state index is 12.6. The second-order valence-electron chi connectivity index (χ2n) is 7.49. The monoisotopic (exact) mass is 370 g/mol. The second kappa shape index (κ2) is 7.60. The SMILES string of the molecule is O=C(Nc1ccc(N2CCCCC2)cc1)C1=C(O)[C@H]2CNCC[C@@H]2NC1=O. The minimum absolute atomic E-state index is 0.112. The van der Waals surface area contributed by atoms with Gasteiger partial charge in [0.15, 0.2) is 0 Å². The van der Waals surface area contributed by atoms with E-state index < -0.39 is 11.8 Å². The summed E-state index contributed by atoms with van der Waals surface area (Å²) < 4.78 is 0. The number of aliphatic hydroxyl groups excluding tert-OH is 1. The fraction of sp³-hybridized carbons (Fsp3) is 0.500. The first-order valence-corrected chi connectivity index (χ1v) is 9.74. The molecule has 2 saturated heterocycles. The first kappa shape index (κ1) is 17.9. The molecule has 0 bridgehead atoms. The van der Waals surface area contributed by atoms with Crippen LogP contribution in [0.3, 0.4) is 0 Å². The van der Waals surface area contributed by atoms with Gasteiger partial charge in [-0.15, -0.1) is 0 Å². The average molecular weight is 370 g/mol. The van der Waals surface area contributed by atoms with Crippen molar-refractivity contribution in [2.45, 2.75) is 31.7 Å². The molecule has 0 spiro atoms. The molecule has 0 radical (unpaired) electrons. The van der Waals surface area contributed by atoms with Crippen LogP contribution in [0.2, 0.25) is 0 Å². The topological polar surface area (TPSA) is 93.7 Å². The highest BCUT2D eigenvalue weighted by molar-refractivity contribution is 6.23. The van der Waals surface area contributed by atoms with Crippen LogP contribution < -0.4 is 20.9 Å². The number of nitrogens with zero attached hydrogens (tertiary/aromatic N) is 1. The van der Waals surface area contributed by atoms with Crippen molar-refractivity contribution in [1.29, 1.82) is 0 Å². The normalized spacial score (nSPS) is 25.6. The van der Waals surface area contributed by atoms with Crippen molar-refractivity contribution in [2.24, 2.45) is 5.92 Å². The van der Waals surface area contributed by atoms with Gasteiger partial charge >= 0.3 is 0 Å². The van der Waals surface area contributed by atoms with E-state index in [0.29, 0.717) is 12.2 Å². The molecule has 3 heterocycles. The summed E-state index contributed by atoms with van der Waals surface area (Å²) in [4.78, 5) is 27.3. The number of hydrogen-bond acceptors (Lipinski definition) is 5. The third-order valence-corrected chi connectivity index (χ3v) is 5.71. The van der Waals surface area contributed by atoms with E-state index in [1.807, 2.05) is 24.3 Å². The van der Waals surface area contributed by atoms with Crippen molar-refractivity contribution in [3.63, 3.8) is 0 Å². The third kappa shape index (κ3) is 3.64. The number of nitrogens with one attached hydrogen (secondary N) is 3. The number of amides is 2. The number of anilines is 2. The molecule has 1 aromatic carbocycles. The second-order valence-corrected chi connectivity index (χ2v) is 7.49. The first-order chi connectivity index (χ1) is 13.1. The van der Waals surface area contributed by atoms with E-state index in [2.05, 4.69) is 20.9 Å². The van der Waals surface area contributed by atoms with Gasteiger partial charge in [-0.05, 0) is 56.5 Å². The Morgan fingerprint density at radius 2 is 1.89 bits per heavy atom. The van der Waals surface area contributed by atoms with E-state index in [0.717, 1.165) is 31.7 Å². The number of carbonyl (C=O) groups is 2. The summed E-state index contributed by atoms with van der Waals surface area (Å²) in [5.74, 6) is -1.44. The van der Waals surface area contributed by atoms with Crippen LogP contribution in [0.5, 0.6) is 0 Å². The summed E-state index contributed by atoms with van der Waals surface area (Å²) >= 11 is 0. The van der Waals surface area contributed by atoms with Crippen molar-refractivity contribution in [3.05, 3.63) is 35.6 Å². The number of piperidine rings is 2. The van der Waals surface area contributed by atoms with E-state index in [9.17, 15) is 14.7 Å². The molecular formula is C20H26N4O3. The zero-order valence-corrected chi connectivity index (χ0v) is 15.3. The van der Waals surface area contributed by atoms with Crippen LogP contribution in [0, 0.1) is 5.92 Å².